The summed E-state index contributed by atoms with van der Waals surface area (Å²) in [5, 5.41) is 6.63. The van der Waals surface area contributed by atoms with Crippen molar-refractivity contribution in [3.8, 4) is 11.5 Å². The quantitative estimate of drug-likeness (QED) is 0.304. The number of oxazole rings is 1. The van der Waals surface area contributed by atoms with Crippen molar-refractivity contribution < 1.29 is 4.42 Å². The number of aryl methyl sites for hydroxylation is 2. The van der Waals surface area contributed by atoms with Crippen LogP contribution in [0.5, 0.6) is 0 Å². The van der Waals surface area contributed by atoms with E-state index >= 15 is 0 Å². The highest BCUT2D eigenvalue weighted by Crippen LogP contribution is 2.17. The zero-order valence-corrected chi connectivity index (χ0v) is 18.9. The maximum atomic E-state index is 5.57. The van der Waals surface area contributed by atoms with Crippen LogP contribution < -0.4 is 10.6 Å². The number of guanidine groups is 1. The van der Waals surface area contributed by atoms with Gasteiger partial charge < -0.3 is 15.1 Å². The zero-order valence-electron chi connectivity index (χ0n) is 16.5. The van der Waals surface area contributed by atoms with Gasteiger partial charge in [0.1, 0.15) is 6.26 Å². The van der Waals surface area contributed by atoms with Crippen molar-refractivity contribution in [2.45, 2.75) is 26.8 Å². The van der Waals surface area contributed by atoms with E-state index in [1.54, 1.807) is 13.3 Å². The Kier molecular flexibility index (Phi) is 8.50. The van der Waals surface area contributed by atoms with Gasteiger partial charge in [0, 0.05) is 19.2 Å². The predicted octanol–water partition coefficient (Wildman–Crippen LogP) is 4.48. The molecule has 0 atom stereocenters. The highest BCUT2D eigenvalue weighted by atomic mass is 127. The summed E-state index contributed by atoms with van der Waals surface area (Å²) in [6, 6.07) is 16.5. The van der Waals surface area contributed by atoms with Crippen LogP contribution in [0.2, 0.25) is 0 Å². The Hall–Kier alpha value is -2.35. The van der Waals surface area contributed by atoms with Crippen molar-refractivity contribution in [3.05, 3.63) is 77.2 Å². The third-order valence-corrected chi connectivity index (χ3v) is 4.42. The van der Waals surface area contributed by atoms with E-state index in [9.17, 15) is 0 Å². The van der Waals surface area contributed by atoms with Gasteiger partial charge in [0.15, 0.2) is 5.96 Å². The van der Waals surface area contributed by atoms with E-state index in [4.69, 9.17) is 4.42 Å². The molecule has 2 aromatic carbocycles. The summed E-state index contributed by atoms with van der Waals surface area (Å²) < 4.78 is 5.57. The maximum Gasteiger partial charge on any atom is 0.226 e. The normalized spacial score (nSPS) is 11.0. The van der Waals surface area contributed by atoms with Crippen molar-refractivity contribution in [1.29, 1.82) is 0 Å². The van der Waals surface area contributed by atoms with Gasteiger partial charge >= 0.3 is 0 Å². The number of hydrogen-bond acceptors (Lipinski definition) is 3. The average Bonchev–Trinajstić information content (AvgIpc) is 3.16. The van der Waals surface area contributed by atoms with Gasteiger partial charge in [0.2, 0.25) is 5.89 Å². The second kappa shape index (κ2) is 10.8. The van der Waals surface area contributed by atoms with E-state index in [0.29, 0.717) is 12.4 Å². The van der Waals surface area contributed by atoms with Gasteiger partial charge in [0.05, 0.1) is 12.2 Å². The minimum absolute atomic E-state index is 0. The largest absolute Gasteiger partial charge is 0.444 e. The third kappa shape index (κ3) is 6.09. The summed E-state index contributed by atoms with van der Waals surface area (Å²) in [6.07, 6.45) is 2.63. The van der Waals surface area contributed by atoms with Gasteiger partial charge in [0.25, 0.3) is 0 Å². The number of aliphatic imine (C=N–C) groups is 1. The third-order valence-electron chi connectivity index (χ3n) is 4.42. The first kappa shape index (κ1) is 21.9. The highest BCUT2D eigenvalue weighted by Gasteiger charge is 2.07. The van der Waals surface area contributed by atoms with Crippen molar-refractivity contribution in [1.82, 2.24) is 15.6 Å². The Morgan fingerprint density at radius 2 is 1.86 bits per heavy atom. The van der Waals surface area contributed by atoms with Gasteiger partial charge in [-0.25, -0.2) is 4.98 Å². The number of nitrogens with one attached hydrogen (secondary N) is 2. The van der Waals surface area contributed by atoms with E-state index in [0.717, 1.165) is 30.2 Å². The summed E-state index contributed by atoms with van der Waals surface area (Å²) in [5.41, 5.74) is 5.79. The van der Waals surface area contributed by atoms with Gasteiger partial charge in [-0.05, 0) is 43.5 Å². The van der Waals surface area contributed by atoms with Crippen LogP contribution in [0.1, 0.15) is 22.4 Å². The fourth-order valence-corrected chi connectivity index (χ4v) is 2.94. The van der Waals surface area contributed by atoms with Gasteiger partial charge in [-0.1, -0.05) is 42.0 Å². The monoisotopic (exact) mass is 490 g/mol. The molecule has 1 aromatic heterocycles. The molecule has 2 N–H and O–H groups in total. The molecule has 28 heavy (non-hydrogen) atoms. The summed E-state index contributed by atoms with van der Waals surface area (Å²) in [4.78, 5) is 8.79. The van der Waals surface area contributed by atoms with Crippen LogP contribution in [-0.2, 0) is 13.0 Å². The standard InChI is InChI=1S/C22H26N4O.HI/c1-16-9-10-18(17(2)13-16)11-12-24-22(23-3)25-14-20-15-27-21(26-20)19-7-5-4-6-8-19;/h4-10,13,15H,11-12,14H2,1-3H3,(H2,23,24,25);1H. The molecule has 0 spiro atoms. The van der Waals surface area contributed by atoms with E-state index in [2.05, 4.69) is 52.7 Å². The van der Waals surface area contributed by atoms with Crippen LogP contribution in [-0.4, -0.2) is 24.5 Å². The van der Waals surface area contributed by atoms with Crippen molar-refractivity contribution in [2.24, 2.45) is 4.99 Å². The lowest BCUT2D eigenvalue weighted by molar-refractivity contribution is 0.572. The number of hydrogen-bond donors (Lipinski definition) is 2. The predicted molar refractivity (Wildman–Crippen MR) is 125 cm³/mol. The molecule has 0 radical (unpaired) electrons. The molecular formula is C22H27IN4O. The molecular weight excluding hydrogens is 463 g/mol. The molecule has 0 aliphatic rings. The average molecular weight is 490 g/mol. The van der Waals surface area contributed by atoms with E-state index in [1.807, 2.05) is 30.3 Å². The molecule has 0 unspecified atom stereocenters. The van der Waals surface area contributed by atoms with Gasteiger partial charge in [-0.2, -0.15) is 0 Å². The summed E-state index contributed by atoms with van der Waals surface area (Å²) >= 11 is 0. The molecule has 3 aromatic rings. The van der Waals surface area contributed by atoms with Crippen LogP contribution in [0.25, 0.3) is 11.5 Å². The number of nitrogens with zero attached hydrogens (tertiary/aromatic N) is 2. The molecule has 0 bridgehead atoms. The fourth-order valence-electron chi connectivity index (χ4n) is 2.94. The molecule has 0 aliphatic carbocycles. The minimum atomic E-state index is 0. The molecule has 0 saturated carbocycles. The smallest absolute Gasteiger partial charge is 0.226 e. The number of benzene rings is 2. The minimum Gasteiger partial charge on any atom is -0.444 e. The first-order valence-corrected chi connectivity index (χ1v) is 9.16. The van der Waals surface area contributed by atoms with Crippen molar-refractivity contribution in [3.63, 3.8) is 0 Å². The van der Waals surface area contributed by atoms with E-state index < -0.39 is 0 Å². The maximum absolute atomic E-state index is 5.57. The molecule has 5 nitrogen and oxygen atoms in total. The topological polar surface area (TPSA) is 62.5 Å². The van der Waals surface area contributed by atoms with Crippen LogP contribution in [0.4, 0.5) is 0 Å². The molecule has 6 heteroatoms. The lowest BCUT2D eigenvalue weighted by Crippen LogP contribution is -2.38. The molecule has 148 valence electrons. The van der Waals surface area contributed by atoms with E-state index in [1.165, 1.54) is 16.7 Å². The molecule has 0 amide bonds. The number of halogens is 1. The SMILES string of the molecule is CN=C(NCCc1ccc(C)cc1C)NCc1coc(-c2ccccc2)n1.I. The Balaban J connectivity index is 0.00000280. The fraction of sp³-hybridized carbons (Fsp3) is 0.273. The number of aromatic nitrogens is 1. The van der Waals surface area contributed by atoms with Crippen molar-refractivity contribution in [2.75, 3.05) is 13.6 Å². The van der Waals surface area contributed by atoms with Gasteiger partial charge in [-0.3, -0.25) is 4.99 Å². The lowest BCUT2D eigenvalue weighted by atomic mass is 10.0. The Morgan fingerprint density at radius 3 is 2.57 bits per heavy atom. The zero-order chi connectivity index (χ0) is 19.1. The molecule has 3 rings (SSSR count). The summed E-state index contributed by atoms with van der Waals surface area (Å²) in [6.45, 7) is 5.65. The van der Waals surface area contributed by atoms with Crippen molar-refractivity contribution >= 4 is 29.9 Å². The first-order chi connectivity index (χ1) is 13.2. The molecule has 0 aliphatic heterocycles. The molecule has 0 saturated heterocycles. The van der Waals surface area contributed by atoms with Crippen LogP contribution >= 0.6 is 24.0 Å². The van der Waals surface area contributed by atoms with Crippen LogP contribution in [0.3, 0.4) is 0 Å². The second-order valence-electron chi connectivity index (χ2n) is 6.54. The molecule has 0 fully saturated rings. The van der Waals surface area contributed by atoms with Crippen LogP contribution in [0.15, 0.2) is 64.2 Å². The Labute approximate surface area is 183 Å². The highest BCUT2D eigenvalue weighted by molar-refractivity contribution is 14.0. The Morgan fingerprint density at radius 1 is 1.07 bits per heavy atom. The molecule has 1 heterocycles. The lowest BCUT2D eigenvalue weighted by Gasteiger charge is -2.12. The second-order valence-corrected chi connectivity index (χ2v) is 6.54. The van der Waals surface area contributed by atoms with E-state index in [-0.39, 0.29) is 24.0 Å². The van der Waals surface area contributed by atoms with Gasteiger partial charge in [-0.15, -0.1) is 24.0 Å². The Bertz CT molecular complexity index is 906. The number of rotatable bonds is 6. The first-order valence-electron chi connectivity index (χ1n) is 9.16. The summed E-state index contributed by atoms with van der Waals surface area (Å²) in [7, 11) is 1.77. The van der Waals surface area contributed by atoms with Crippen LogP contribution in [0, 0.1) is 13.8 Å². The summed E-state index contributed by atoms with van der Waals surface area (Å²) in [5.74, 6) is 1.38.